The minimum Gasteiger partial charge on any atom is -0.454 e. The summed E-state index contributed by atoms with van der Waals surface area (Å²) in [5.74, 6) is 0. The Hall–Kier alpha value is -9.64. The number of hydrogen-bond donors (Lipinski definition) is 0. The number of aromatic nitrogens is 1. The lowest BCUT2D eigenvalue weighted by atomic mass is 9.86. The minimum absolute atomic E-state index is 0.0613. The van der Waals surface area contributed by atoms with E-state index in [-0.39, 0.29) is 5.41 Å². The molecule has 1 aliphatic rings. The molecule has 15 aromatic rings. The van der Waals surface area contributed by atoms with Gasteiger partial charge in [-0.05, 0) is 187 Å². The average molecular weight is 1060 g/mol. The first-order valence-corrected chi connectivity index (χ1v) is 29.3. The van der Waals surface area contributed by atoms with Gasteiger partial charge in [0.25, 0.3) is 0 Å². The van der Waals surface area contributed by atoms with E-state index in [1.165, 1.54) is 115 Å². The zero-order chi connectivity index (χ0) is 55.0. The topological polar surface area (TPSA) is 24.0 Å². The van der Waals surface area contributed by atoms with Crippen LogP contribution in [0.5, 0.6) is 0 Å². The van der Waals surface area contributed by atoms with Crippen LogP contribution in [0.25, 0.3) is 104 Å². The average Bonchev–Trinajstić information content (AvgIpc) is 3.58. The van der Waals surface area contributed by atoms with E-state index in [0.717, 1.165) is 76.1 Å². The molecule has 1 aliphatic carbocycles. The Kier molecular flexibility index (Phi) is 10.9. The summed E-state index contributed by atoms with van der Waals surface area (Å²) < 4.78 is 9.50. The van der Waals surface area contributed by atoms with E-state index >= 15 is 0 Å². The van der Waals surface area contributed by atoms with Crippen molar-refractivity contribution in [3.05, 3.63) is 258 Å². The molecule has 0 fully saturated rings. The molecule has 3 aromatic heterocycles. The van der Waals surface area contributed by atoms with Crippen molar-refractivity contribution in [2.75, 3.05) is 9.80 Å². The summed E-state index contributed by atoms with van der Waals surface area (Å²) in [6.45, 7) is 11.4. The molecule has 0 saturated heterocycles. The van der Waals surface area contributed by atoms with Crippen molar-refractivity contribution in [1.82, 2.24) is 4.40 Å². The van der Waals surface area contributed by atoms with Gasteiger partial charge in [0, 0.05) is 61.5 Å². The molecule has 82 heavy (non-hydrogen) atoms. The number of furan rings is 1. The Morgan fingerprint density at radius 1 is 0.415 bits per heavy atom. The van der Waals surface area contributed by atoms with E-state index < -0.39 is 0 Å². The number of aryl methyl sites for hydroxylation is 2. The summed E-state index contributed by atoms with van der Waals surface area (Å²) in [4.78, 5) is 4.86. The van der Waals surface area contributed by atoms with Gasteiger partial charge in [0.15, 0.2) is 5.58 Å². The highest BCUT2D eigenvalue weighted by Gasteiger charge is 2.28. The van der Waals surface area contributed by atoms with Crippen molar-refractivity contribution in [3.8, 4) is 22.3 Å². The summed E-state index contributed by atoms with van der Waals surface area (Å²) in [5, 5.41) is 12.1. The van der Waals surface area contributed by atoms with Crippen LogP contribution in [-0.4, -0.2) is 4.40 Å². The Balaban J connectivity index is 0.910. The highest BCUT2D eigenvalue weighted by Crippen LogP contribution is 2.50. The molecule has 0 radical (unpaired) electrons. The van der Waals surface area contributed by atoms with Crippen LogP contribution < -0.4 is 9.80 Å². The molecule has 4 nitrogen and oxygen atoms in total. The predicted octanol–water partition coefficient (Wildman–Crippen LogP) is 22.0. The quantitative estimate of drug-likeness (QED) is 0.136. The summed E-state index contributed by atoms with van der Waals surface area (Å²) in [7, 11) is 0. The maximum Gasteiger partial charge on any atom is 0.159 e. The molecule has 0 amide bonds. The molecule has 3 heterocycles. The van der Waals surface area contributed by atoms with Gasteiger partial charge in [-0.1, -0.05) is 174 Å². The molecular weight excluding hydrogens is 995 g/mol. The second-order valence-electron chi connectivity index (χ2n) is 23.8. The van der Waals surface area contributed by atoms with Gasteiger partial charge in [-0.2, -0.15) is 0 Å². The van der Waals surface area contributed by atoms with Gasteiger partial charge in [-0.25, -0.2) is 0 Å². The fourth-order valence-corrected chi connectivity index (χ4v) is 13.9. The smallest absolute Gasteiger partial charge is 0.159 e. The van der Waals surface area contributed by atoms with Crippen LogP contribution in [0.2, 0.25) is 0 Å². The monoisotopic (exact) mass is 1060 g/mol. The van der Waals surface area contributed by atoms with Crippen LogP contribution in [0.4, 0.5) is 34.1 Å². The van der Waals surface area contributed by atoms with E-state index in [0.29, 0.717) is 0 Å². The fraction of sp³-hybridized carbons (Fsp3) is 0.128. The molecule has 0 saturated carbocycles. The van der Waals surface area contributed by atoms with Gasteiger partial charge in [-0.15, -0.1) is 0 Å². The molecule has 394 valence electrons. The molecular formula is C78H61N3O. The second kappa shape index (κ2) is 18.5. The molecule has 0 unspecified atom stereocenters. The van der Waals surface area contributed by atoms with Gasteiger partial charge in [0.1, 0.15) is 5.58 Å². The Bertz CT molecular complexity index is 5040. The van der Waals surface area contributed by atoms with Gasteiger partial charge < -0.3 is 18.6 Å². The van der Waals surface area contributed by atoms with Gasteiger partial charge >= 0.3 is 0 Å². The van der Waals surface area contributed by atoms with Crippen molar-refractivity contribution < 1.29 is 4.42 Å². The highest BCUT2D eigenvalue weighted by molar-refractivity contribution is 6.27. The molecule has 0 bridgehead atoms. The summed E-state index contributed by atoms with van der Waals surface area (Å²) >= 11 is 0. The largest absolute Gasteiger partial charge is 0.454 e. The molecule has 0 aliphatic heterocycles. The minimum atomic E-state index is 0.0613. The maximum absolute atomic E-state index is 6.93. The third-order valence-electron chi connectivity index (χ3n) is 17.9. The molecule has 16 rings (SSSR count). The first kappa shape index (κ1) is 48.3. The van der Waals surface area contributed by atoms with Crippen LogP contribution in [0, 0.1) is 0 Å². The Morgan fingerprint density at radius 3 is 1.57 bits per heavy atom. The van der Waals surface area contributed by atoms with Crippen molar-refractivity contribution >= 4 is 116 Å². The van der Waals surface area contributed by atoms with Crippen molar-refractivity contribution in [1.29, 1.82) is 0 Å². The van der Waals surface area contributed by atoms with Crippen LogP contribution in [-0.2, 0) is 24.7 Å². The SMILES string of the molecule is CCCc1cccc2c1Cc1c-2cccc1N(c1ccccc1)c1ccc2cc3c4cc(-c5ccc(C(C)(C)C)cc5)cc5c6cc7ccc(N(c8ccccc8)c8cccc9c8oc8c(CC)cccc89)cc7cc6n(c3cc2c1)c45. The Labute approximate surface area is 478 Å². The zero-order valence-electron chi connectivity index (χ0n) is 47.0. The van der Waals surface area contributed by atoms with E-state index in [1.807, 2.05) is 0 Å². The zero-order valence-corrected chi connectivity index (χ0v) is 47.0. The number of rotatable bonds is 10. The van der Waals surface area contributed by atoms with E-state index in [9.17, 15) is 0 Å². The fourth-order valence-electron chi connectivity index (χ4n) is 13.9. The van der Waals surface area contributed by atoms with Crippen molar-refractivity contribution in [2.24, 2.45) is 0 Å². The second-order valence-corrected chi connectivity index (χ2v) is 23.8. The van der Waals surface area contributed by atoms with Crippen molar-refractivity contribution in [3.63, 3.8) is 0 Å². The molecule has 0 atom stereocenters. The van der Waals surface area contributed by atoms with E-state index in [1.54, 1.807) is 0 Å². The lowest BCUT2D eigenvalue weighted by molar-refractivity contribution is 0.590. The first-order chi connectivity index (χ1) is 40.2. The third-order valence-corrected chi connectivity index (χ3v) is 17.9. The molecule has 4 heteroatoms. The number of nitrogens with zero attached hydrogens (tertiary/aromatic N) is 3. The summed E-state index contributed by atoms with van der Waals surface area (Å²) in [6, 6.07) is 86.6. The van der Waals surface area contributed by atoms with Crippen molar-refractivity contribution in [2.45, 2.75) is 65.7 Å². The van der Waals surface area contributed by atoms with E-state index in [4.69, 9.17) is 4.42 Å². The van der Waals surface area contributed by atoms with Crippen LogP contribution in [0.3, 0.4) is 0 Å². The number of fused-ring (bicyclic) bond motifs is 14. The van der Waals surface area contributed by atoms with Crippen LogP contribution in [0.1, 0.15) is 68.9 Å². The normalized spacial score (nSPS) is 12.5. The summed E-state index contributed by atoms with van der Waals surface area (Å²) in [6.07, 6.45) is 4.05. The van der Waals surface area contributed by atoms with Gasteiger partial charge in [-0.3, -0.25) is 0 Å². The van der Waals surface area contributed by atoms with Gasteiger partial charge in [0.05, 0.1) is 27.9 Å². The third kappa shape index (κ3) is 7.44. The van der Waals surface area contributed by atoms with Crippen LogP contribution >= 0.6 is 0 Å². The molecule has 12 aromatic carbocycles. The predicted molar refractivity (Wildman–Crippen MR) is 349 cm³/mol. The molecule has 0 spiro atoms. The summed E-state index contributed by atoms with van der Waals surface area (Å²) in [5.41, 5.74) is 24.3. The number of anilines is 6. The molecule has 0 N–H and O–H groups in total. The maximum atomic E-state index is 6.93. The lowest BCUT2D eigenvalue weighted by Crippen LogP contribution is -2.12. The number of benzene rings is 12. The number of para-hydroxylation sites is 4. The van der Waals surface area contributed by atoms with Crippen LogP contribution in [0.15, 0.2) is 235 Å². The standard InChI is InChI=1S/C78H61N3O/c1-6-18-50-20-15-25-61-62-26-16-29-71(68(62)47-65(50)61)79(57-21-10-8-11-22-57)59-37-33-51-41-66-69-43-55(49-31-35-56(36-32-49)78(3,4)5)44-70-67-42-52-34-38-60(40-54(52)46-74(67)81(75(69)70)73(66)45-53(51)39-59)80(58-23-12-9-13-24-58)72-30-17-28-64-63-27-14-19-48(7-2)76(63)82-77(64)72/h8-17,19-46H,6-7,18,47H2,1-5H3. The highest BCUT2D eigenvalue weighted by atomic mass is 16.3. The van der Waals surface area contributed by atoms with E-state index in [2.05, 4.69) is 279 Å². The Morgan fingerprint density at radius 2 is 0.963 bits per heavy atom. The lowest BCUT2D eigenvalue weighted by Gasteiger charge is -2.28. The first-order valence-electron chi connectivity index (χ1n) is 29.3. The number of hydrogen-bond acceptors (Lipinski definition) is 3. The van der Waals surface area contributed by atoms with Gasteiger partial charge in [0.2, 0.25) is 0 Å².